The van der Waals surface area contributed by atoms with Crippen molar-refractivity contribution in [2.24, 2.45) is 0 Å². The lowest BCUT2D eigenvalue weighted by Gasteiger charge is -2.06. The number of carboxylic acid groups (broad SMARTS) is 1. The number of carboxylic acids is 1. The molecule has 0 fully saturated rings. The lowest BCUT2D eigenvalue weighted by atomic mass is 10.5. The Bertz CT molecular complexity index is 329. The van der Waals surface area contributed by atoms with Crippen molar-refractivity contribution in [3.8, 4) is 0 Å². The maximum absolute atomic E-state index is 10.5. The predicted molar refractivity (Wildman–Crippen MR) is 56.0 cm³/mol. The molecule has 0 saturated carbocycles. The fourth-order valence-corrected chi connectivity index (χ4v) is 1.71. The van der Waals surface area contributed by atoms with E-state index in [9.17, 15) is 4.79 Å². The molecule has 0 amide bonds. The molecule has 1 heterocycles. The molecule has 0 saturated heterocycles. The highest BCUT2D eigenvalue weighted by Crippen LogP contribution is 2.09. The van der Waals surface area contributed by atoms with Crippen molar-refractivity contribution >= 4 is 17.7 Å². The largest absolute Gasteiger partial charge is 0.476 e. The van der Waals surface area contributed by atoms with Crippen LogP contribution in [-0.4, -0.2) is 48.8 Å². The second-order valence-corrected chi connectivity index (χ2v) is 4.58. The van der Waals surface area contributed by atoms with Crippen molar-refractivity contribution in [2.75, 3.05) is 12.4 Å². The SMILES string of the molecule is CC(CO)SCCn1cc(C(=O)O)nn1. The van der Waals surface area contributed by atoms with E-state index in [1.165, 1.54) is 10.9 Å². The molecule has 0 spiro atoms. The maximum Gasteiger partial charge on any atom is 0.358 e. The number of aliphatic hydroxyl groups is 1. The molecule has 7 heteroatoms. The van der Waals surface area contributed by atoms with Crippen LogP contribution in [0.2, 0.25) is 0 Å². The van der Waals surface area contributed by atoms with Crippen LogP contribution in [0.15, 0.2) is 6.20 Å². The number of hydrogen-bond acceptors (Lipinski definition) is 5. The third-order valence-electron chi connectivity index (χ3n) is 1.74. The minimum Gasteiger partial charge on any atom is -0.476 e. The van der Waals surface area contributed by atoms with Crippen LogP contribution >= 0.6 is 11.8 Å². The Hall–Kier alpha value is -1.08. The molecule has 1 rings (SSSR count). The van der Waals surface area contributed by atoms with E-state index in [2.05, 4.69) is 10.3 Å². The Labute approximate surface area is 91.3 Å². The topological polar surface area (TPSA) is 88.2 Å². The summed E-state index contributed by atoms with van der Waals surface area (Å²) in [5, 5.41) is 24.7. The molecule has 6 nitrogen and oxygen atoms in total. The smallest absolute Gasteiger partial charge is 0.358 e. The Kier molecular flexibility index (Phi) is 4.57. The van der Waals surface area contributed by atoms with Gasteiger partial charge in [-0.2, -0.15) is 11.8 Å². The molecule has 1 aromatic heterocycles. The summed E-state index contributed by atoms with van der Waals surface area (Å²) in [6.45, 7) is 2.66. The van der Waals surface area contributed by atoms with E-state index >= 15 is 0 Å². The lowest BCUT2D eigenvalue weighted by Crippen LogP contribution is -2.07. The zero-order chi connectivity index (χ0) is 11.3. The number of rotatable bonds is 6. The number of carbonyl (C=O) groups is 1. The molecule has 1 unspecified atom stereocenters. The molecule has 0 aliphatic rings. The van der Waals surface area contributed by atoms with Crippen molar-refractivity contribution in [3.05, 3.63) is 11.9 Å². The Balaban J connectivity index is 2.35. The number of hydrogen-bond donors (Lipinski definition) is 2. The second-order valence-electron chi connectivity index (χ2n) is 3.04. The van der Waals surface area contributed by atoms with Crippen molar-refractivity contribution < 1.29 is 15.0 Å². The Morgan fingerprint density at radius 2 is 2.47 bits per heavy atom. The summed E-state index contributed by atoms with van der Waals surface area (Å²) in [6.07, 6.45) is 1.40. The fourth-order valence-electron chi connectivity index (χ4n) is 0.906. The third kappa shape index (κ3) is 3.88. The van der Waals surface area contributed by atoms with Gasteiger partial charge in [-0.1, -0.05) is 12.1 Å². The van der Waals surface area contributed by atoms with Gasteiger partial charge in [-0.05, 0) is 0 Å². The van der Waals surface area contributed by atoms with Crippen LogP contribution in [0, 0.1) is 0 Å². The van der Waals surface area contributed by atoms with E-state index in [0.717, 1.165) is 5.75 Å². The maximum atomic E-state index is 10.5. The van der Waals surface area contributed by atoms with Gasteiger partial charge in [0.1, 0.15) is 0 Å². The van der Waals surface area contributed by atoms with Crippen LogP contribution in [-0.2, 0) is 6.54 Å². The van der Waals surface area contributed by atoms with E-state index in [0.29, 0.717) is 6.54 Å². The molecule has 0 aromatic carbocycles. The monoisotopic (exact) mass is 231 g/mol. The predicted octanol–water partition coefficient (Wildman–Crippen LogP) is 0.0903. The van der Waals surface area contributed by atoms with Gasteiger partial charge in [-0.25, -0.2) is 4.79 Å². The van der Waals surface area contributed by atoms with Crippen molar-refractivity contribution in [1.82, 2.24) is 15.0 Å². The quantitative estimate of drug-likeness (QED) is 0.721. The van der Waals surface area contributed by atoms with Crippen molar-refractivity contribution in [1.29, 1.82) is 0 Å². The fraction of sp³-hybridized carbons (Fsp3) is 0.625. The molecule has 0 radical (unpaired) electrons. The number of nitrogens with zero attached hydrogens (tertiary/aromatic N) is 3. The van der Waals surface area contributed by atoms with Gasteiger partial charge < -0.3 is 10.2 Å². The van der Waals surface area contributed by atoms with Gasteiger partial charge in [0.15, 0.2) is 5.69 Å². The lowest BCUT2D eigenvalue weighted by molar-refractivity contribution is 0.0690. The minimum absolute atomic E-state index is 0.0461. The summed E-state index contributed by atoms with van der Waals surface area (Å²) in [4.78, 5) is 10.5. The van der Waals surface area contributed by atoms with Crippen molar-refractivity contribution in [3.63, 3.8) is 0 Å². The normalized spacial score (nSPS) is 12.7. The standard InChI is InChI=1S/C8H13N3O3S/c1-6(5-12)15-3-2-11-4-7(8(13)14)9-10-11/h4,6,12H,2-3,5H2,1H3,(H,13,14). The first-order valence-corrected chi connectivity index (χ1v) is 5.54. The van der Waals surface area contributed by atoms with Gasteiger partial charge in [0.2, 0.25) is 0 Å². The number of aryl methyl sites for hydroxylation is 1. The van der Waals surface area contributed by atoms with Crippen LogP contribution in [0.3, 0.4) is 0 Å². The summed E-state index contributed by atoms with van der Waals surface area (Å²) in [5.74, 6) is -0.304. The Morgan fingerprint density at radius 1 is 1.73 bits per heavy atom. The first-order chi connectivity index (χ1) is 7.13. The number of thioether (sulfide) groups is 1. The van der Waals surface area contributed by atoms with E-state index in [1.54, 1.807) is 11.8 Å². The molecule has 2 N–H and O–H groups in total. The summed E-state index contributed by atoms with van der Waals surface area (Å²) < 4.78 is 1.49. The highest BCUT2D eigenvalue weighted by atomic mass is 32.2. The molecule has 0 bridgehead atoms. The molecule has 1 aromatic rings. The zero-order valence-corrected chi connectivity index (χ0v) is 9.15. The summed E-state index contributed by atoms with van der Waals surface area (Å²) >= 11 is 1.60. The molecule has 15 heavy (non-hydrogen) atoms. The number of aliphatic hydroxyl groups excluding tert-OH is 1. The van der Waals surface area contributed by atoms with E-state index < -0.39 is 5.97 Å². The molecular weight excluding hydrogens is 218 g/mol. The first kappa shape index (κ1) is 12.0. The van der Waals surface area contributed by atoms with Gasteiger partial charge in [-0.3, -0.25) is 4.68 Å². The third-order valence-corrected chi connectivity index (χ3v) is 2.87. The summed E-state index contributed by atoms with van der Waals surface area (Å²) in [6, 6.07) is 0. The van der Waals surface area contributed by atoms with Crippen LogP contribution in [0.1, 0.15) is 17.4 Å². The first-order valence-electron chi connectivity index (χ1n) is 4.49. The van der Waals surface area contributed by atoms with Crippen LogP contribution in [0.25, 0.3) is 0 Å². The molecule has 1 atom stereocenters. The van der Waals surface area contributed by atoms with E-state index in [4.69, 9.17) is 10.2 Å². The molecular formula is C8H13N3O3S. The van der Waals surface area contributed by atoms with Gasteiger partial charge in [0.25, 0.3) is 0 Å². The van der Waals surface area contributed by atoms with Crippen LogP contribution < -0.4 is 0 Å². The van der Waals surface area contributed by atoms with Crippen LogP contribution in [0.5, 0.6) is 0 Å². The second kappa shape index (κ2) is 5.72. The average Bonchev–Trinajstić information content (AvgIpc) is 2.66. The van der Waals surface area contributed by atoms with Gasteiger partial charge in [-0.15, -0.1) is 5.10 Å². The van der Waals surface area contributed by atoms with Gasteiger partial charge in [0.05, 0.1) is 19.3 Å². The van der Waals surface area contributed by atoms with Gasteiger partial charge >= 0.3 is 5.97 Å². The average molecular weight is 231 g/mol. The van der Waals surface area contributed by atoms with E-state index in [1.807, 2.05) is 6.92 Å². The zero-order valence-electron chi connectivity index (χ0n) is 8.33. The molecule has 0 aliphatic carbocycles. The Morgan fingerprint density at radius 3 is 3.00 bits per heavy atom. The molecule has 0 aliphatic heterocycles. The summed E-state index contributed by atoms with van der Waals surface area (Å²) in [5.41, 5.74) is -0.0461. The summed E-state index contributed by atoms with van der Waals surface area (Å²) in [7, 11) is 0. The van der Waals surface area contributed by atoms with Crippen molar-refractivity contribution in [2.45, 2.75) is 18.7 Å². The number of aromatic carboxylic acids is 1. The minimum atomic E-state index is -1.07. The molecule has 84 valence electrons. The highest BCUT2D eigenvalue weighted by molar-refractivity contribution is 7.99. The number of aromatic nitrogens is 3. The van der Waals surface area contributed by atoms with E-state index in [-0.39, 0.29) is 17.6 Å². The highest BCUT2D eigenvalue weighted by Gasteiger charge is 2.08. The van der Waals surface area contributed by atoms with Gasteiger partial charge in [0, 0.05) is 11.0 Å². The van der Waals surface area contributed by atoms with Crippen LogP contribution in [0.4, 0.5) is 0 Å².